The molecule has 3 aliphatic heterocycles. The van der Waals surface area contributed by atoms with Gasteiger partial charge in [0.15, 0.2) is 11.6 Å². The third kappa shape index (κ3) is 3.24. The number of fused-ring (bicyclic) bond motifs is 1. The Morgan fingerprint density at radius 3 is 2.96 bits per heavy atom. The first kappa shape index (κ1) is 16.8. The van der Waals surface area contributed by atoms with Crippen molar-refractivity contribution in [1.82, 2.24) is 15.1 Å². The van der Waals surface area contributed by atoms with Crippen molar-refractivity contribution in [3.8, 4) is 5.75 Å². The summed E-state index contributed by atoms with van der Waals surface area (Å²) in [4.78, 5) is 9.22. The first-order chi connectivity index (χ1) is 12.6. The molecule has 1 aromatic rings. The van der Waals surface area contributed by atoms with E-state index in [1.165, 1.54) is 18.9 Å². The minimum atomic E-state index is -0.372. The van der Waals surface area contributed by atoms with Crippen molar-refractivity contribution in [1.29, 1.82) is 0 Å². The fourth-order valence-corrected chi connectivity index (χ4v) is 3.49. The number of methoxy groups -OCH3 is 1. The number of ether oxygens (including phenoxy) is 1. The lowest BCUT2D eigenvalue weighted by Crippen LogP contribution is -2.49. The Hall–Kier alpha value is -2.60. The average Bonchev–Trinajstić information content (AvgIpc) is 2.67. The molecule has 0 saturated carbocycles. The number of rotatable bonds is 3. The molecule has 0 amide bonds. The normalized spacial score (nSPS) is 22.4. The Balaban J connectivity index is 1.52. The van der Waals surface area contributed by atoms with Gasteiger partial charge in [0.1, 0.15) is 5.84 Å². The molecule has 3 heterocycles. The third-order valence-corrected chi connectivity index (χ3v) is 4.88. The van der Waals surface area contributed by atoms with Crippen molar-refractivity contribution < 1.29 is 9.13 Å². The zero-order chi connectivity index (χ0) is 18.1. The number of allylic oxidation sites excluding steroid dienone is 1. The Kier molecular flexibility index (Phi) is 4.51. The molecule has 136 valence electrons. The van der Waals surface area contributed by atoms with Crippen LogP contribution in [0.2, 0.25) is 0 Å². The van der Waals surface area contributed by atoms with Gasteiger partial charge in [-0.2, -0.15) is 0 Å². The molecule has 5 nitrogen and oxygen atoms in total. The van der Waals surface area contributed by atoms with Gasteiger partial charge in [-0.3, -0.25) is 0 Å². The van der Waals surface area contributed by atoms with Crippen molar-refractivity contribution in [2.75, 3.05) is 33.3 Å². The SMILES string of the molecule is COc1ccc(C2=CCN3C=C(N4CCN[C@@H](C)C4)C=CC3=N2)cc1F. The standard InChI is InChI=1S/C20H23FN4O/c1-14-12-24(10-8-22-14)16-4-6-20-23-18(7-9-25(20)13-16)15-3-5-19(26-2)17(21)11-15/h3-7,11,13-14,22H,8-10,12H2,1-2H3/t14-/m0/s1. The largest absolute Gasteiger partial charge is 0.494 e. The van der Waals surface area contributed by atoms with E-state index >= 15 is 0 Å². The van der Waals surface area contributed by atoms with Gasteiger partial charge in [-0.15, -0.1) is 0 Å². The zero-order valence-electron chi connectivity index (χ0n) is 15.1. The van der Waals surface area contributed by atoms with Gasteiger partial charge in [0.25, 0.3) is 0 Å². The smallest absolute Gasteiger partial charge is 0.165 e. The summed E-state index contributed by atoms with van der Waals surface area (Å²) in [5, 5.41) is 3.46. The van der Waals surface area contributed by atoms with Crippen molar-refractivity contribution in [2.24, 2.45) is 4.99 Å². The third-order valence-electron chi connectivity index (χ3n) is 4.88. The molecular weight excluding hydrogens is 331 g/mol. The second-order valence-electron chi connectivity index (χ2n) is 6.75. The highest BCUT2D eigenvalue weighted by molar-refractivity contribution is 6.00. The molecule has 3 aliphatic rings. The van der Waals surface area contributed by atoms with Crippen molar-refractivity contribution >= 4 is 11.5 Å². The topological polar surface area (TPSA) is 40.1 Å². The van der Waals surface area contributed by atoms with Crippen LogP contribution in [0, 0.1) is 5.82 Å². The summed E-state index contributed by atoms with van der Waals surface area (Å²) in [6.07, 6.45) is 8.33. The number of nitrogens with zero attached hydrogens (tertiary/aromatic N) is 3. The second kappa shape index (κ2) is 6.96. The van der Waals surface area contributed by atoms with E-state index < -0.39 is 0 Å². The van der Waals surface area contributed by atoms with E-state index in [2.05, 4.69) is 34.3 Å². The number of nitrogens with one attached hydrogen (secondary N) is 1. The second-order valence-corrected chi connectivity index (χ2v) is 6.75. The molecule has 0 aliphatic carbocycles. The van der Waals surface area contributed by atoms with E-state index in [-0.39, 0.29) is 11.6 Å². The molecule has 0 spiro atoms. The van der Waals surface area contributed by atoms with Gasteiger partial charge in [-0.25, -0.2) is 9.38 Å². The predicted octanol–water partition coefficient (Wildman–Crippen LogP) is 2.59. The molecule has 1 aromatic carbocycles. The number of amidine groups is 1. The van der Waals surface area contributed by atoms with Crippen LogP contribution in [0.5, 0.6) is 5.75 Å². The average molecular weight is 354 g/mol. The van der Waals surface area contributed by atoms with Gasteiger partial charge in [0, 0.05) is 44.0 Å². The van der Waals surface area contributed by atoms with Crippen LogP contribution in [0.3, 0.4) is 0 Å². The molecule has 0 aromatic heterocycles. The van der Waals surface area contributed by atoms with Crippen LogP contribution in [-0.2, 0) is 0 Å². The summed E-state index contributed by atoms with van der Waals surface area (Å²) < 4.78 is 19.0. The molecule has 26 heavy (non-hydrogen) atoms. The molecule has 1 N–H and O–H groups in total. The lowest BCUT2D eigenvalue weighted by Gasteiger charge is -2.37. The van der Waals surface area contributed by atoms with E-state index in [1.807, 2.05) is 18.2 Å². The zero-order valence-corrected chi connectivity index (χ0v) is 15.1. The van der Waals surface area contributed by atoms with Crippen molar-refractivity contribution in [3.63, 3.8) is 0 Å². The Morgan fingerprint density at radius 1 is 1.31 bits per heavy atom. The summed E-state index contributed by atoms with van der Waals surface area (Å²) in [7, 11) is 1.46. The van der Waals surface area contributed by atoms with E-state index in [0.29, 0.717) is 6.04 Å². The number of benzene rings is 1. The fourth-order valence-electron chi connectivity index (χ4n) is 3.49. The molecular formula is C20H23FN4O. The van der Waals surface area contributed by atoms with Crippen LogP contribution in [0.1, 0.15) is 12.5 Å². The summed E-state index contributed by atoms with van der Waals surface area (Å²) in [6, 6.07) is 5.44. The number of halogens is 1. The summed E-state index contributed by atoms with van der Waals surface area (Å²) in [6.45, 7) is 5.93. The summed E-state index contributed by atoms with van der Waals surface area (Å²) >= 11 is 0. The highest BCUT2D eigenvalue weighted by atomic mass is 19.1. The van der Waals surface area contributed by atoms with Gasteiger partial charge >= 0.3 is 0 Å². The van der Waals surface area contributed by atoms with Crippen LogP contribution < -0.4 is 10.1 Å². The van der Waals surface area contributed by atoms with E-state index in [4.69, 9.17) is 9.73 Å². The van der Waals surface area contributed by atoms with Gasteiger partial charge < -0.3 is 19.9 Å². The van der Waals surface area contributed by atoms with Gasteiger partial charge in [0.2, 0.25) is 0 Å². The maximum atomic E-state index is 14.0. The Morgan fingerprint density at radius 2 is 2.19 bits per heavy atom. The summed E-state index contributed by atoms with van der Waals surface area (Å²) in [5.41, 5.74) is 2.76. The lowest BCUT2D eigenvalue weighted by atomic mass is 10.1. The highest BCUT2D eigenvalue weighted by Gasteiger charge is 2.22. The van der Waals surface area contributed by atoms with Gasteiger partial charge in [-0.1, -0.05) is 0 Å². The molecule has 6 heteroatoms. The maximum absolute atomic E-state index is 14.0. The van der Waals surface area contributed by atoms with Gasteiger partial charge in [-0.05, 0) is 43.4 Å². The van der Waals surface area contributed by atoms with Crippen molar-refractivity contribution in [2.45, 2.75) is 13.0 Å². The van der Waals surface area contributed by atoms with Crippen LogP contribution in [0.4, 0.5) is 4.39 Å². The molecule has 0 radical (unpaired) electrons. The Labute approximate surface area is 153 Å². The quantitative estimate of drug-likeness (QED) is 0.906. The highest BCUT2D eigenvalue weighted by Crippen LogP contribution is 2.27. The molecule has 1 fully saturated rings. The minimum absolute atomic E-state index is 0.245. The van der Waals surface area contributed by atoms with E-state index in [9.17, 15) is 4.39 Å². The van der Waals surface area contributed by atoms with E-state index in [1.54, 1.807) is 6.07 Å². The van der Waals surface area contributed by atoms with E-state index in [0.717, 1.165) is 43.3 Å². The predicted molar refractivity (Wildman–Crippen MR) is 101 cm³/mol. The number of aliphatic imine (C=N–C) groups is 1. The fraction of sp³-hybridized carbons (Fsp3) is 0.350. The molecule has 4 rings (SSSR count). The molecule has 0 unspecified atom stereocenters. The van der Waals surface area contributed by atoms with Crippen LogP contribution in [0.15, 0.2) is 53.3 Å². The van der Waals surface area contributed by atoms with Gasteiger partial charge in [0.05, 0.1) is 18.5 Å². The monoisotopic (exact) mass is 354 g/mol. The van der Waals surface area contributed by atoms with Crippen LogP contribution >= 0.6 is 0 Å². The first-order valence-corrected chi connectivity index (χ1v) is 8.91. The first-order valence-electron chi connectivity index (χ1n) is 8.91. The minimum Gasteiger partial charge on any atom is -0.494 e. The number of piperazine rings is 1. The van der Waals surface area contributed by atoms with Crippen molar-refractivity contribution in [3.05, 3.63) is 59.7 Å². The summed E-state index contributed by atoms with van der Waals surface area (Å²) in [5.74, 6) is 0.753. The molecule has 0 bridgehead atoms. The maximum Gasteiger partial charge on any atom is 0.165 e. The van der Waals surface area contributed by atoms with Crippen LogP contribution in [0.25, 0.3) is 5.70 Å². The number of hydrogen-bond donors (Lipinski definition) is 1. The molecule has 1 saturated heterocycles. The lowest BCUT2D eigenvalue weighted by molar-refractivity contribution is 0.258. The molecule has 1 atom stereocenters. The Bertz CT molecular complexity index is 827. The van der Waals surface area contributed by atoms with Crippen LogP contribution in [-0.4, -0.2) is 55.0 Å². The number of hydrogen-bond acceptors (Lipinski definition) is 5.